The molecular formula is C29H27N7O2. The van der Waals surface area contributed by atoms with Crippen LogP contribution in [0.25, 0.3) is 22.3 Å². The van der Waals surface area contributed by atoms with Gasteiger partial charge in [0.15, 0.2) is 6.73 Å². The highest BCUT2D eigenvalue weighted by molar-refractivity contribution is 5.96. The van der Waals surface area contributed by atoms with E-state index in [1.165, 1.54) is 11.9 Å². The maximum Gasteiger partial charge on any atom is 0.341 e. The van der Waals surface area contributed by atoms with Gasteiger partial charge in [-0.05, 0) is 56.2 Å². The maximum atomic E-state index is 13.1. The van der Waals surface area contributed by atoms with E-state index in [1.807, 2.05) is 62.6 Å². The summed E-state index contributed by atoms with van der Waals surface area (Å²) in [4.78, 5) is 22.0. The van der Waals surface area contributed by atoms with Gasteiger partial charge in [0.1, 0.15) is 12.0 Å². The molecular weight excluding hydrogens is 478 g/mol. The van der Waals surface area contributed by atoms with Crippen molar-refractivity contribution in [2.45, 2.75) is 40.0 Å². The molecule has 0 saturated carbocycles. The van der Waals surface area contributed by atoms with Gasteiger partial charge >= 0.3 is 5.97 Å². The Bertz CT molecular complexity index is 1660. The molecule has 1 N–H and O–H groups in total. The highest BCUT2D eigenvalue weighted by Crippen LogP contribution is 2.28. The molecule has 5 aromatic rings. The zero-order valence-corrected chi connectivity index (χ0v) is 21.4. The minimum atomic E-state index is -0.442. The molecule has 0 aliphatic rings. The van der Waals surface area contributed by atoms with E-state index >= 15 is 0 Å². The molecule has 0 radical (unpaired) electrons. The van der Waals surface area contributed by atoms with Gasteiger partial charge in [-0.25, -0.2) is 14.8 Å². The fourth-order valence-electron chi connectivity index (χ4n) is 4.27. The van der Waals surface area contributed by atoms with Crippen LogP contribution in [0.1, 0.15) is 40.9 Å². The Kier molecular flexibility index (Phi) is 6.87. The monoisotopic (exact) mass is 505 g/mol. The first-order chi connectivity index (χ1) is 18.5. The number of hydrogen-bond donors (Lipinski definition) is 1. The van der Waals surface area contributed by atoms with Crippen molar-refractivity contribution in [3.8, 4) is 17.3 Å². The second kappa shape index (κ2) is 10.6. The van der Waals surface area contributed by atoms with E-state index < -0.39 is 5.97 Å². The lowest BCUT2D eigenvalue weighted by Crippen LogP contribution is -2.11. The van der Waals surface area contributed by atoms with E-state index in [0.29, 0.717) is 23.3 Å². The van der Waals surface area contributed by atoms with Crippen LogP contribution in [0.5, 0.6) is 0 Å². The van der Waals surface area contributed by atoms with Gasteiger partial charge in [-0.3, -0.25) is 9.25 Å². The van der Waals surface area contributed by atoms with Crippen molar-refractivity contribution in [1.29, 1.82) is 5.26 Å². The van der Waals surface area contributed by atoms with Gasteiger partial charge in [-0.15, -0.1) is 0 Å². The molecule has 5 rings (SSSR count). The van der Waals surface area contributed by atoms with Crippen molar-refractivity contribution in [3.63, 3.8) is 0 Å². The second-order valence-corrected chi connectivity index (χ2v) is 9.14. The van der Waals surface area contributed by atoms with Gasteiger partial charge in [0.25, 0.3) is 0 Å². The van der Waals surface area contributed by atoms with Crippen molar-refractivity contribution < 1.29 is 9.53 Å². The van der Waals surface area contributed by atoms with Crippen LogP contribution in [-0.4, -0.2) is 30.3 Å². The number of benzene rings is 2. The van der Waals surface area contributed by atoms with E-state index in [4.69, 9.17) is 10.00 Å². The van der Waals surface area contributed by atoms with E-state index in [9.17, 15) is 4.79 Å². The minimum Gasteiger partial charge on any atom is -0.440 e. The number of aromatic nitrogens is 5. The summed E-state index contributed by atoms with van der Waals surface area (Å²) in [6.07, 6.45) is 7.27. The smallest absolute Gasteiger partial charge is 0.341 e. The van der Waals surface area contributed by atoms with Crippen molar-refractivity contribution in [3.05, 3.63) is 90.1 Å². The molecule has 0 bridgehead atoms. The lowest BCUT2D eigenvalue weighted by Gasteiger charge is -2.15. The molecule has 38 heavy (non-hydrogen) atoms. The largest absolute Gasteiger partial charge is 0.440 e. The molecule has 190 valence electrons. The number of carbonyl (C=O) groups is 1. The number of nitriles is 1. The number of fused-ring (bicyclic) bond motifs is 1. The maximum absolute atomic E-state index is 13.1. The third kappa shape index (κ3) is 4.84. The number of anilines is 2. The summed E-state index contributed by atoms with van der Waals surface area (Å²) in [6.45, 7) is 6.04. The summed E-state index contributed by atoms with van der Waals surface area (Å²) in [5.74, 6) is -0.442. The molecule has 3 heterocycles. The lowest BCUT2D eigenvalue weighted by atomic mass is 10.1. The summed E-state index contributed by atoms with van der Waals surface area (Å²) in [6, 6.07) is 17.3. The molecule has 9 nitrogen and oxygen atoms in total. The fraction of sp³-hybridized carbons (Fsp3) is 0.207. The molecule has 1 atom stereocenters. The van der Waals surface area contributed by atoms with Crippen LogP contribution >= 0.6 is 0 Å². The topological polar surface area (TPSA) is 111 Å². The number of hydrogen-bond acceptors (Lipinski definition) is 7. The molecule has 0 saturated heterocycles. The highest BCUT2D eigenvalue weighted by atomic mass is 16.5. The van der Waals surface area contributed by atoms with Crippen LogP contribution in [0.15, 0.2) is 73.4 Å². The van der Waals surface area contributed by atoms with Crippen molar-refractivity contribution in [1.82, 2.24) is 24.3 Å². The third-order valence-corrected chi connectivity index (χ3v) is 6.62. The Morgan fingerprint density at radius 3 is 2.76 bits per heavy atom. The first kappa shape index (κ1) is 24.7. The number of carbonyl (C=O) groups excluding carboxylic acids is 1. The van der Waals surface area contributed by atoms with Crippen LogP contribution in [0.4, 0.5) is 11.4 Å². The molecule has 0 amide bonds. The zero-order valence-electron chi connectivity index (χ0n) is 21.4. The average Bonchev–Trinajstić information content (AvgIpc) is 3.58. The van der Waals surface area contributed by atoms with Gasteiger partial charge in [-0.1, -0.05) is 24.3 Å². The molecule has 0 spiro atoms. The summed E-state index contributed by atoms with van der Waals surface area (Å²) in [5, 5.41) is 17.6. The first-order valence-corrected chi connectivity index (χ1v) is 12.3. The predicted molar refractivity (Wildman–Crippen MR) is 145 cm³/mol. The number of ether oxygens (including phenoxy) is 1. The molecule has 0 unspecified atom stereocenters. The molecule has 0 aliphatic heterocycles. The van der Waals surface area contributed by atoms with E-state index in [1.54, 1.807) is 21.5 Å². The molecule has 9 heteroatoms. The number of rotatable bonds is 8. The first-order valence-electron chi connectivity index (χ1n) is 12.3. The number of nitrogens with zero attached hydrogens (tertiary/aromatic N) is 6. The Morgan fingerprint density at radius 2 is 1.92 bits per heavy atom. The Hall–Kier alpha value is -4.97. The van der Waals surface area contributed by atoms with E-state index in [2.05, 4.69) is 39.4 Å². The van der Waals surface area contributed by atoms with Gasteiger partial charge in [0.2, 0.25) is 0 Å². The third-order valence-electron chi connectivity index (χ3n) is 6.62. The van der Waals surface area contributed by atoms with E-state index in [-0.39, 0.29) is 12.8 Å². The summed E-state index contributed by atoms with van der Waals surface area (Å²) in [7, 11) is 0. The van der Waals surface area contributed by atoms with E-state index in [0.717, 1.165) is 27.9 Å². The standard InChI is InChI=1S/C29H27N7O2/c1-19-7-6-10-25(21(19)3)34-26-9-5-4-8-23(26)29(37)38-18-35-14-12-24-27(31-17-32-28(24)35)22-15-33-36(16-22)20(2)11-13-30/h4-10,12,14-17,20,34H,11,18H2,1-3H3/t20-/m0/s1. The van der Waals surface area contributed by atoms with Crippen molar-refractivity contribution >= 4 is 28.4 Å². The van der Waals surface area contributed by atoms with Crippen LogP contribution in [-0.2, 0) is 11.5 Å². The van der Waals surface area contributed by atoms with Gasteiger partial charge in [0.05, 0.1) is 41.7 Å². The van der Waals surface area contributed by atoms with Gasteiger partial charge in [0, 0.05) is 29.0 Å². The molecule has 2 aromatic carbocycles. The Balaban J connectivity index is 1.35. The van der Waals surface area contributed by atoms with Crippen molar-refractivity contribution in [2.75, 3.05) is 5.32 Å². The van der Waals surface area contributed by atoms with Crippen LogP contribution in [0, 0.1) is 25.2 Å². The number of nitrogens with one attached hydrogen (secondary N) is 1. The minimum absolute atomic E-state index is 0.00490. The normalized spacial score (nSPS) is 11.7. The quantitative estimate of drug-likeness (QED) is 0.260. The van der Waals surface area contributed by atoms with Crippen LogP contribution < -0.4 is 5.32 Å². The number of aryl methyl sites for hydroxylation is 1. The zero-order chi connectivity index (χ0) is 26.6. The summed E-state index contributed by atoms with van der Waals surface area (Å²) < 4.78 is 9.22. The Labute approximate surface area is 220 Å². The van der Waals surface area contributed by atoms with Gasteiger partial charge < -0.3 is 10.1 Å². The van der Waals surface area contributed by atoms with Crippen LogP contribution in [0.2, 0.25) is 0 Å². The molecule has 0 aliphatic carbocycles. The summed E-state index contributed by atoms with van der Waals surface area (Å²) >= 11 is 0. The average molecular weight is 506 g/mol. The molecule has 3 aromatic heterocycles. The van der Waals surface area contributed by atoms with Gasteiger partial charge in [-0.2, -0.15) is 10.4 Å². The predicted octanol–water partition coefficient (Wildman–Crippen LogP) is 5.94. The molecule has 0 fully saturated rings. The second-order valence-electron chi connectivity index (χ2n) is 9.14. The van der Waals surface area contributed by atoms with Crippen molar-refractivity contribution in [2.24, 2.45) is 0 Å². The Morgan fingerprint density at radius 1 is 1.11 bits per heavy atom. The highest BCUT2D eigenvalue weighted by Gasteiger charge is 2.17. The van der Waals surface area contributed by atoms with Crippen LogP contribution in [0.3, 0.4) is 0 Å². The number of esters is 1. The fourth-order valence-corrected chi connectivity index (χ4v) is 4.27. The lowest BCUT2D eigenvalue weighted by molar-refractivity contribution is 0.0380. The summed E-state index contributed by atoms with van der Waals surface area (Å²) in [5.41, 5.74) is 6.53. The number of para-hydroxylation sites is 1. The SMILES string of the molecule is Cc1cccc(Nc2ccccc2C(=O)OCn2ccc3c(-c4cnn([C@@H](C)CC#N)c4)ncnc32)c1C.